The fourth-order valence-electron chi connectivity index (χ4n) is 1.78. The number of benzene rings is 2. The Morgan fingerprint density at radius 3 is 2.24 bits per heavy atom. The maximum Gasteiger partial charge on any atom is 0.263 e. The van der Waals surface area contributed by atoms with Crippen LogP contribution in [0.25, 0.3) is 0 Å². The predicted molar refractivity (Wildman–Crippen MR) is 82.5 cm³/mol. The highest BCUT2D eigenvalue weighted by molar-refractivity contribution is 9.10. The van der Waals surface area contributed by atoms with E-state index in [1.807, 2.05) is 0 Å². The molecule has 0 aliphatic carbocycles. The van der Waals surface area contributed by atoms with Gasteiger partial charge in [0.05, 0.1) is 11.1 Å². The predicted octanol–water partition coefficient (Wildman–Crippen LogP) is 5.72. The van der Waals surface area contributed by atoms with Crippen LogP contribution in [0.4, 0.5) is 14.5 Å². The zero-order valence-corrected chi connectivity index (χ0v) is 13.0. The summed E-state index contributed by atoms with van der Waals surface area (Å²) < 4.78 is 25.7. The molecule has 2 aromatic carbocycles. The molecule has 0 fully saturated rings. The van der Waals surface area contributed by atoms with Crippen LogP contribution in [0.2, 0.25) is 5.02 Å². The normalized spacial score (nSPS) is 12.0. The second kappa shape index (κ2) is 6.88. The Labute approximate surface area is 134 Å². The van der Waals surface area contributed by atoms with Crippen LogP contribution in [-0.2, 0) is 0 Å². The summed E-state index contributed by atoms with van der Waals surface area (Å²) in [6.07, 6.45) is -2.51. The van der Waals surface area contributed by atoms with Crippen molar-refractivity contribution >= 4 is 33.2 Å². The van der Waals surface area contributed by atoms with Gasteiger partial charge >= 0.3 is 0 Å². The Bertz CT molecular complexity index is 668. The summed E-state index contributed by atoms with van der Waals surface area (Å²) in [5, 5.41) is 12.8. The molecule has 0 saturated carbocycles. The van der Waals surface area contributed by atoms with Crippen LogP contribution in [0.15, 0.2) is 46.9 Å². The summed E-state index contributed by atoms with van der Waals surface area (Å²) in [5.41, 5.74) is 1.26. The molecule has 0 heterocycles. The van der Waals surface area contributed by atoms with Gasteiger partial charge in [-0.15, -0.1) is 0 Å². The molecule has 6 heteroatoms. The zero-order valence-electron chi connectivity index (χ0n) is 10.7. The number of hydrogen-bond donors (Lipinski definition) is 1. The Morgan fingerprint density at radius 2 is 1.71 bits per heavy atom. The van der Waals surface area contributed by atoms with Crippen molar-refractivity contribution in [2.45, 2.75) is 12.5 Å². The summed E-state index contributed by atoms with van der Waals surface area (Å²) in [7, 11) is 0. The molecule has 0 aliphatic rings. The van der Waals surface area contributed by atoms with E-state index in [-0.39, 0.29) is 5.56 Å². The third-order valence-corrected chi connectivity index (χ3v) is 4.10. The van der Waals surface area contributed by atoms with Crippen LogP contribution in [0.5, 0.6) is 0 Å². The van der Waals surface area contributed by atoms with E-state index in [1.54, 1.807) is 18.2 Å². The molecule has 2 aromatic rings. The lowest BCUT2D eigenvalue weighted by Gasteiger charge is -2.14. The molecule has 0 spiro atoms. The Morgan fingerprint density at radius 1 is 1.10 bits per heavy atom. The number of nitriles is 1. The van der Waals surface area contributed by atoms with Gasteiger partial charge in [-0.1, -0.05) is 35.9 Å². The van der Waals surface area contributed by atoms with Crippen molar-refractivity contribution in [1.82, 2.24) is 0 Å². The number of rotatable bonds is 4. The molecule has 21 heavy (non-hydrogen) atoms. The zero-order chi connectivity index (χ0) is 15.4. The van der Waals surface area contributed by atoms with Crippen molar-refractivity contribution in [3.8, 4) is 6.07 Å². The van der Waals surface area contributed by atoms with Crippen molar-refractivity contribution in [3.63, 3.8) is 0 Å². The van der Waals surface area contributed by atoms with Gasteiger partial charge in [-0.3, -0.25) is 0 Å². The van der Waals surface area contributed by atoms with Gasteiger partial charge in [-0.25, -0.2) is 8.78 Å². The lowest BCUT2D eigenvalue weighted by atomic mass is 10.1. The van der Waals surface area contributed by atoms with Crippen molar-refractivity contribution < 1.29 is 8.78 Å². The van der Waals surface area contributed by atoms with Gasteiger partial charge in [0.2, 0.25) is 0 Å². The first-order chi connectivity index (χ1) is 10.0. The van der Waals surface area contributed by atoms with Gasteiger partial charge in [-0.2, -0.15) is 5.26 Å². The van der Waals surface area contributed by atoms with Crippen LogP contribution in [0.1, 0.15) is 23.6 Å². The monoisotopic (exact) mass is 370 g/mol. The Balaban J connectivity index is 2.19. The molecular formula is C15H10BrClF2N2. The maximum atomic E-state index is 12.5. The van der Waals surface area contributed by atoms with E-state index >= 15 is 0 Å². The topological polar surface area (TPSA) is 35.8 Å². The van der Waals surface area contributed by atoms with Crippen LogP contribution >= 0.6 is 27.5 Å². The van der Waals surface area contributed by atoms with E-state index in [0.717, 1.165) is 0 Å². The fourth-order valence-corrected chi connectivity index (χ4v) is 2.27. The Hall–Kier alpha value is -1.64. The average molecular weight is 372 g/mol. The van der Waals surface area contributed by atoms with E-state index in [9.17, 15) is 14.0 Å². The lowest BCUT2D eigenvalue weighted by molar-refractivity contribution is 0.151. The minimum absolute atomic E-state index is 0.0651. The third kappa shape index (κ3) is 3.93. The first-order valence-electron chi connectivity index (χ1n) is 6.00. The van der Waals surface area contributed by atoms with E-state index < -0.39 is 12.5 Å². The summed E-state index contributed by atoms with van der Waals surface area (Å²) in [4.78, 5) is 0. The minimum atomic E-state index is -2.51. The van der Waals surface area contributed by atoms with Gasteiger partial charge < -0.3 is 5.32 Å². The first-order valence-corrected chi connectivity index (χ1v) is 7.17. The molecule has 0 amide bonds. The van der Waals surface area contributed by atoms with E-state index in [2.05, 4.69) is 27.3 Å². The van der Waals surface area contributed by atoms with E-state index in [4.69, 9.17) is 11.6 Å². The van der Waals surface area contributed by atoms with Gasteiger partial charge in [-0.05, 0) is 39.7 Å². The molecule has 108 valence electrons. The second-order valence-corrected chi connectivity index (χ2v) is 5.56. The van der Waals surface area contributed by atoms with Crippen LogP contribution < -0.4 is 5.32 Å². The average Bonchev–Trinajstić information content (AvgIpc) is 2.48. The van der Waals surface area contributed by atoms with E-state index in [1.165, 1.54) is 24.3 Å². The van der Waals surface area contributed by atoms with Crippen LogP contribution in [-0.4, -0.2) is 0 Å². The smallest absolute Gasteiger partial charge is 0.263 e. The quantitative estimate of drug-likeness (QED) is 0.746. The molecule has 0 aromatic heterocycles. The highest BCUT2D eigenvalue weighted by Crippen LogP contribution is 2.28. The lowest BCUT2D eigenvalue weighted by Crippen LogP contribution is -2.08. The number of nitrogens with one attached hydrogen (secondary N) is 1. The number of anilines is 1. The standard InChI is InChI=1S/C15H10BrClF2N2/c16-12-7-11(5-6-13(12)17)21-14(8-20)9-1-3-10(4-2-9)15(18)19/h1-7,14-15,21H. The summed E-state index contributed by atoms with van der Waals surface area (Å²) >= 11 is 9.21. The third-order valence-electron chi connectivity index (χ3n) is 2.88. The molecule has 0 radical (unpaired) electrons. The van der Waals surface area contributed by atoms with Crippen molar-refractivity contribution in [1.29, 1.82) is 5.26 Å². The number of nitrogens with zero attached hydrogens (tertiary/aromatic N) is 1. The van der Waals surface area contributed by atoms with Crippen molar-refractivity contribution in [3.05, 3.63) is 63.1 Å². The first kappa shape index (κ1) is 15.7. The molecule has 2 rings (SSSR count). The van der Waals surface area contributed by atoms with Crippen molar-refractivity contribution in [2.24, 2.45) is 0 Å². The molecular weight excluding hydrogens is 362 g/mol. The molecule has 0 saturated heterocycles. The molecule has 0 bridgehead atoms. The van der Waals surface area contributed by atoms with Gasteiger partial charge in [0, 0.05) is 15.7 Å². The Kier molecular flexibility index (Phi) is 5.16. The summed E-state index contributed by atoms with van der Waals surface area (Å²) in [6, 6.07) is 12.3. The molecule has 2 nitrogen and oxygen atoms in total. The number of alkyl halides is 2. The minimum Gasteiger partial charge on any atom is -0.366 e. The number of halogens is 4. The highest BCUT2D eigenvalue weighted by atomic mass is 79.9. The molecule has 1 atom stereocenters. The van der Waals surface area contributed by atoms with Gasteiger partial charge in [0.25, 0.3) is 6.43 Å². The SMILES string of the molecule is N#CC(Nc1ccc(Cl)c(Br)c1)c1ccc(C(F)F)cc1. The largest absolute Gasteiger partial charge is 0.366 e. The summed E-state index contributed by atoms with van der Waals surface area (Å²) in [6.45, 7) is 0. The van der Waals surface area contributed by atoms with E-state index in [0.29, 0.717) is 20.7 Å². The molecule has 1 unspecified atom stereocenters. The molecule has 1 N–H and O–H groups in total. The van der Waals surface area contributed by atoms with Crippen LogP contribution in [0, 0.1) is 11.3 Å². The van der Waals surface area contributed by atoms with Gasteiger partial charge in [0.1, 0.15) is 6.04 Å². The maximum absolute atomic E-state index is 12.5. The molecule has 0 aliphatic heterocycles. The fraction of sp³-hybridized carbons (Fsp3) is 0.133. The number of hydrogen-bond acceptors (Lipinski definition) is 2. The van der Waals surface area contributed by atoms with Gasteiger partial charge in [0.15, 0.2) is 0 Å². The van der Waals surface area contributed by atoms with Crippen molar-refractivity contribution in [2.75, 3.05) is 5.32 Å². The van der Waals surface area contributed by atoms with Crippen LogP contribution in [0.3, 0.4) is 0 Å². The summed E-state index contributed by atoms with van der Waals surface area (Å²) in [5.74, 6) is 0. The highest BCUT2D eigenvalue weighted by Gasteiger charge is 2.13. The second-order valence-electron chi connectivity index (χ2n) is 4.30.